The first-order valence-corrected chi connectivity index (χ1v) is 5.13. The van der Waals surface area contributed by atoms with E-state index >= 15 is 0 Å². The highest BCUT2D eigenvalue weighted by atomic mass is 16.5. The minimum absolute atomic E-state index is 0.119. The molecule has 14 heavy (non-hydrogen) atoms. The largest absolute Gasteiger partial charge is 0.507 e. The standard InChI is InChI=1S/C12H16O2/c1-8(2)9-4-3-5-10(12(9)13)11-6-7-14-11/h3-5,8,11,13H,6-7H2,1-2H3. The van der Waals surface area contributed by atoms with Gasteiger partial charge in [0, 0.05) is 12.0 Å². The number of phenolic OH excluding ortho intramolecular Hbond substituents is 1. The minimum atomic E-state index is 0.119. The van der Waals surface area contributed by atoms with Crippen LogP contribution in [0.4, 0.5) is 0 Å². The van der Waals surface area contributed by atoms with E-state index in [0.29, 0.717) is 11.7 Å². The van der Waals surface area contributed by atoms with Crippen molar-refractivity contribution < 1.29 is 9.84 Å². The monoisotopic (exact) mass is 192 g/mol. The highest BCUT2D eigenvalue weighted by Gasteiger charge is 2.24. The predicted molar refractivity (Wildman–Crippen MR) is 55.5 cm³/mol. The summed E-state index contributed by atoms with van der Waals surface area (Å²) < 4.78 is 5.37. The van der Waals surface area contributed by atoms with Gasteiger partial charge in [-0.3, -0.25) is 0 Å². The Morgan fingerprint density at radius 3 is 2.64 bits per heavy atom. The molecule has 1 aromatic rings. The molecule has 2 nitrogen and oxygen atoms in total. The molecule has 1 aliphatic heterocycles. The molecule has 0 radical (unpaired) electrons. The predicted octanol–water partition coefficient (Wildman–Crippen LogP) is 2.98. The van der Waals surface area contributed by atoms with Crippen molar-refractivity contribution >= 4 is 0 Å². The number of phenols is 1. The first kappa shape index (κ1) is 9.53. The number of rotatable bonds is 2. The summed E-state index contributed by atoms with van der Waals surface area (Å²) in [5, 5.41) is 10.0. The Bertz CT molecular complexity index is 327. The molecule has 0 spiro atoms. The van der Waals surface area contributed by atoms with Crippen LogP contribution < -0.4 is 0 Å². The number of ether oxygens (including phenoxy) is 1. The zero-order chi connectivity index (χ0) is 10.1. The van der Waals surface area contributed by atoms with E-state index < -0.39 is 0 Å². The van der Waals surface area contributed by atoms with Crippen molar-refractivity contribution in [3.63, 3.8) is 0 Å². The van der Waals surface area contributed by atoms with Gasteiger partial charge in [-0.05, 0) is 11.5 Å². The summed E-state index contributed by atoms with van der Waals surface area (Å²) in [6, 6.07) is 5.92. The fourth-order valence-corrected chi connectivity index (χ4v) is 1.79. The molecule has 1 aliphatic rings. The molecule has 76 valence electrons. The van der Waals surface area contributed by atoms with E-state index in [1.165, 1.54) is 0 Å². The quantitative estimate of drug-likeness (QED) is 0.780. The lowest BCUT2D eigenvalue weighted by Gasteiger charge is -2.28. The fourth-order valence-electron chi connectivity index (χ4n) is 1.79. The Kier molecular flexibility index (Phi) is 2.46. The third kappa shape index (κ3) is 1.50. The molecule has 0 aromatic heterocycles. The molecule has 0 bridgehead atoms. The lowest BCUT2D eigenvalue weighted by molar-refractivity contribution is -0.0538. The van der Waals surface area contributed by atoms with Crippen LogP contribution in [0.5, 0.6) is 5.75 Å². The number of benzene rings is 1. The van der Waals surface area contributed by atoms with Crippen LogP contribution in [0.3, 0.4) is 0 Å². The lowest BCUT2D eigenvalue weighted by Crippen LogP contribution is -2.18. The van der Waals surface area contributed by atoms with Gasteiger partial charge in [0.2, 0.25) is 0 Å². The maximum Gasteiger partial charge on any atom is 0.124 e. The van der Waals surface area contributed by atoms with Crippen molar-refractivity contribution in [1.29, 1.82) is 0 Å². The van der Waals surface area contributed by atoms with Crippen molar-refractivity contribution in [3.8, 4) is 5.75 Å². The molecule has 0 aliphatic carbocycles. The smallest absolute Gasteiger partial charge is 0.124 e. The van der Waals surface area contributed by atoms with Crippen molar-refractivity contribution in [2.75, 3.05) is 6.61 Å². The summed E-state index contributed by atoms with van der Waals surface area (Å²) in [5.74, 6) is 0.780. The third-order valence-electron chi connectivity index (χ3n) is 2.77. The Balaban J connectivity index is 2.35. The maximum atomic E-state index is 10.0. The van der Waals surface area contributed by atoms with Gasteiger partial charge in [0.1, 0.15) is 5.75 Å². The van der Waals surface area contributed by atoms with Gasteiger partial charge in [-0.2, -0.15) is 0 Å². The van der Waals surface area contributed by atoms with Crippen molar-refractivity contribution in [1.82, 2.24) is 0 Å². The normalized spacial score (nSPS) is 20.9. The second-order valence-electron chi connectivity index (χ2n) is 4.09. The Labute approximate surface area is 84.5 Å². The molecule has 1 saturated heterocycles. The first-order valence-electron chi connectivity index (χ1n) is 5.13. The van der Waals surface area contributed by atoms with Gasteiger partial charge >= 0.3 is 0 Å². The molecule has 1 unspecified atom stereocenters. The fraction of sp³-hybridized carbons (Fsp3) is 0.500. The van der Waals surface area contributed by atoms with E-state index in [2.05, 4.69) is 13.8 Å². The first-order chi connectivity index (χ1) is 6.70. The molecule has 2 rings (SSSR count). The van der Waals surface area contributed by atoms with Gasteiger partial charge in [0.25, 0.3) is 0 Å². The number of para-hydroxylation sites is 1. The number of hydrogen-bond donors (Lipinski definition) is 1. The molecular weight excluding hydrogens is 176 g/mol. The zero-order valence-corrected chi connectivity index (χ0v) is 8.66. The van der Waals surface area contributed by atoms with Gasteiger partial charge in [0.05, 0.1) is 12.7 Å². The van der Waals surface area contributed by atoms with Crippen LogP contribution >= 0.6 is 0 Å². The van der Waals surface area contributed by atoms with Gasteiger partial charge < -0.3 is 9.84 Å². The minimum Gasteiger partial charge on any atom is -0.507 e. The summed E-state index contributed by atoms with van der Waals surface area (Å²) in [7, 11) is 0. The van der Waals surface area contributed by atoms with Gasteiger partial charge in [0.15, 0.2) is 0 Å². The Hall–Kier alpha value is -1.02. The van der Waals surface area contributed by atoms with Crippen LogP contribution in [0.15, 0.2) is 18.2 Å². The number of hydrogen-bond acceptors (Lipinski definition) is 2. The average molecular weight is 192 g/mol. The summed E-state index contributed by atoms with van der Waals surface area (Å²) in [5.41, 5.74) is 1.96. The number of aromatic hydroxyl groups is 1. The van der Waals surface area contributed by atoms with Crippen molar-refractivity contribution in [2.24, 2.45) is 0 Å². The summed E-state index contributed by atoms with van der Waals surface area (Å²) in [6.07, 6.45) is 1.14. The molecule has 1 heterocycles. The molecule has 0 saturated carbocycles. The SMILES string of the molecule is CC(C)c1cccc(C2CCO2)c1O. The molecule has 1 aromatic carbocycles. The van der Waals surface area contributed by atoms with E-state index in [1.54, 1.807) is 0 Å². The van der Waals surface area contributed by atoms with E-state index in [-0.39, 0.29) is 6.10 Å². The average Bonchev–Trinajstić information content (AvgIpc) is 2.04. The molecule has 1 fully saturated rings. The topological polar surface area (TPSA) is 29.5 Å². The maximum absolute atomic E-state index is 10.0. The van der Waals surface area contributed by atoms with Crippen LogP contribution in [0.25, 0.3) is 0 Å². The second-order valence-corrected chi connectivity index (χ2v) is 4.09. The van der Waals surface area contributed by atoms with Gasteiger partial charge in [-0.1, -0.05) is 32.0 Å². The van der Waals surface area contributed by atoms with E-state index in [9.17, 15) is 5.11 Å². The van der Waals surface area contributed by atoms with Crippen LogP contribution in [0.1, 0.15) is 43.4 Å². The van der Waals surface area contributed by atoms with Crippen LogP contribution in [-0.2, 0) is 4.74 Å². The second kappa shape index (κ2) is 3.62. The summed E-state index contributed by atoms with van der Waals surface area (Å²) >= 11 is 0. The van der Waals surface area contributed by atoms with Crippen molar-refractivity contribution in [2.45, 2.75) is 32.3 Å². The Morgan fingerprint density at radius 2 is 2.14 bits per heavy atom. The van der Waals surface area contributed by atoms with Crippen LogP contribution in [-0.4, -0.2) is 11.7 Å². The third-order valence-corrected chi connectivity index (χ3v) is 2.77. The van der Waals surface area contributed by atoms with Gasteiger partial charge in [-0.25, -0.2) is 0 Å². The molecule has 1 atom stereocenters. The van der Waals surface area contributed by atoms with Crippen LogP contribution in [0.2, 0.25) is 0 Å². The zero-order valence-electron chi connectivity index (χ0n) is 8.66. The molecule has 2 heteroatoms. The summed E-state index contributed by atoms with van der Waals surface area (Å²) in [4.78, 5) is 0. The van der Waals surface area contributed by atoms with Crippen molar-refractivity contribution in [3.05, 3.63) is 29.3 Å². The molecule has 1 N–H and O–H groups in total. The highest BCUT2D eigenvalue weighted by molar-refractivity contribution is 5.43. The highest BCUT2D eigenvalue weighted by Crippen LogP contribution is 2.38. The Morgan fingerprint density at radius 1 is 1.43 bits per heavy atom. The molecule has 0 amide bonds. The van der Waals surface area contributed by atoms with E-state index in [4.69, 9.17) is 4.74 Å². The summed E-state index contributed by atoms with van der Waals surface area (Å²) in [6.45, 7) is 4.98. The van der Waals surface area contributed by atoms with E-state index in [0.717, 1.165) is 24.2 Å². The molecular formula is C12H16O2. The van der Waals surface area contributed by atoms with E-state index in [1.807, 2.05) is 18.2 Å². The van der Waals surface area contributed by atoms with Crippen LogP contribution in [0, 0.1) is 0 Å². The van der Waals surface area contributed by atoms with Gasteiger partial charge in [-0.15, -0.1) is 0 Å². The lowest BCUT2D eigenvalue weighted by atomic mass is 9.94.